The summed E-state index contributed by atoms with van der Waals surface area (Å²) in [5, 5.41) is 5.63. The zero-order valence-electron chi connectivity index (χ0n) is 19.2. The van der Waals surface area contributed by atoms with Gasteiger partial charge >= 0.3 is 0 Å². The van der Waals surface area contributed by atoms with Gasteiger partial charge in [0.05, 0.1) is 17.5 Å². The van der Waals surface area contributed by atoms with E-state index in [0.29, 0.717) is 19.4 Å². The molecule has 0 saturated heterocycles. The second kappa shape index (κ2) is 11.4. The van der Waals surface area contributed by atoms with Crippen LogP contribution in [0.25, 0.3) is 0 Å². The van der Waals surface area contributed by atoms with Crippen molar-refractivity contribution in [2.75, 3.05) is 13.1 Å². The van der Waals surface area contributed by atoms with E-state index in [1.165, 1.54) is 0 Å². The van der Waals surface area contributed by atoms with E-state index in [9.17, 15) is 18.0 Å². The molecular formula is C25H33N3O4S. The molecule has 2 aromatic carbocycles. The van der Waals surface area contributed by atoms with Crippen molar-refractivity contribution in [2.45, 2.75) is 50.5 Å². The van der Waals surface area contributed by atoms with Crippen LogP contribution in [0.5, 0.6) is 0 Å². The highest BCUT2D eigenvalue weighted by molar-refractivity contribution is 7.89. The Balaban J connectivity index is 1.37. The Hall–Kier alpha value is -2.71. The quantitative estimate of drug-likeness (QED) is 0.523. The first-order chi connectivity index (χ1) is 15.7. The number of hydrogen-bond donors (Lipinski definition) is 3. The first kappa shape index (κ1) is 24.9. The number of carbonyl (C=O) groups is 2. The molecule has 0 heterocycles. The van der Waals surface area contributed by atoms with E-state index in [1.807, 2.05) is 44.2 Å². The fraction of sp³-hybridized carbons (Fsp3) is 0.440. The van der Waals surface area contributed by atoms with Crippen molar-refractivity contribution in [1.82, 2.24) is 15.4 Å². The molecule has 3 rings (SSSR count). The molecule has 2 aromatic rings. The molecule has 1 atom stereocenters. The van der Waals surface area contributed by atoms with Gasteiger partial charge in [0.15, 0.2) is 0 Å². The summed E-state index contributed by atoms with van der Waals surface area (Å²) < 4.78 is 27.6. The number of benzene rings is 2. The zero-order chi connectivity index (χ0) is 23.8. The van der Waals surface area contributed by atoms with Crippen LogP contribution in [0.15, 0.2) is 59.5 Å². The van der Waals surface area contributed by atoms with E-state index in [0.717, 1.165) is 24.0 Å². The number of hydrogen-bond acceptors (Lipinski definition) is 4. The average Bonchev–Trinajstić information content (AvgIpc) is 2.82. The maximum absolute atomic E-state index is 12.5. The van der Waals surface area contributed by atoms with Crippen molar-refractivity contribution in [3.05, 3.63) is 65.7 Å². The van der Waals surface area contributed by atoms with Crippen LogP contribution in [0.4, 0.5) is 0 Å². The first-order valence-electron chi connectivity index (χ1n) is 11.4. The maximum atomic E-state index is 12.5. The molecule has 3 N–H and O–H groups in total. The lowest BCUT2D eigenvalue weighted by Crippen LogP contribution is -2.41. The van der Waals surface area contributed by atoms with Crippen molar-refractivity contribution in [3.63, 3.8) is 0 Å². The van der Waals surface area contributed by atoms with Crippen LogP contribution in [0, 0.1) is 18.8 Å². The molecule has 178 valence electrons. The highest BCUT2D eigenvalue weighted by Crippen LogP contribution is 2.29. The third-order valence-corrected chi connectivity index (χ3v) is 7.65. The number of rotatable bonds is 9. The summed E-state index contributed by atoms with van der Waals surface area (Å²) in [5.41, 5.74) is 2.02. The molecule has 0 aliphatic heterocycles. The molecular weight excluding hydrogens is 438 g/mol. The van der Waals surface area contributed by atoms with Crippen molar-refractivity contribution >= 4 is 21.8 Å². The van der Waals surface area contributed by atoms with E-state index in [2.05, 4.69) is 15.4 Å². The topological polar surface area (TPSA) is 104 Å². The van der Waals surface area contributed by atoms with Crippen molar-refractivity contribution in [3.8, 4) is 0 Å². The third kappa shape index (κ3) is 7.40. The van der Waals surface area contributed by atoms with Gasteiger partial charge in [-0.3, -0.25) is 9.59 Å². The lowest BCUT2D eigenvalue weighted by Gasteiger charge is -2.28. The molecule has 33 heavy (non-hydrogen) atoms. The fourth-order valence-electron chi connectivity index (χ4n) is 4.09. The Bertz CT molecular complexity index is 1030. The number of carbonyl (C=O) groups excluding carboxylic acids is 2. The van der Waals surface area contributed by atoms with Gasteiger partial charge in [-0.2, -0.15) is 0 Å². The normalized spacial score (nSPS) is 19.5. The van der Waals surface area contributed by atoms with Crippen LogP contribution in [-0.4, -0.2) is 33.3 Å². The molecule has 0 unspecified atom stereocenters. The Morgan fingerprint density at radius 2 is 1.61 bits per heavy atom. The molecule has 1 aliphatic carbocycles. The Kier molecular flexibility index (Phi) is 8.63. The second-order valence-electron chi connectivity index (χ2n) is 8.80. The number of amides is 2. The van der Waals surface area contributed by atoms with Gasteiger partial charge in [-0.1, -0.05) is 48.0 Å². The minimum Gasteiger partial charge on any atom is -0.348 e. The van der Waals surface area contributed by atoms with Gasteiger partial charge in [0, 0.05) is 12.5 Å². The Morgan fingerprint density at radius 1 is 0.970 bits per heavy atom. The van der Waals surface area contributed by atoms with Gasteiger partial charge in [0.25, 0.3) is 0 Å². The SMILES string of the molecule is Cc1ccc(S(=O)(=O)NCC2CCC(C(=O)NCC(=O)N[C@@H](C)c3ccccc3)CC2)cc1. The highest BCUT2D eigenvalue weighted by Gasteiger charge is 2.27. The summed E-state index contributed by atoms with van der Waals surface area (Å²) in [6.45, 7) is 4.14. The minimum atomic E-state index is -3.53. The summed E-state index contributed by atoms with van der Waals surface area (Å²) in [7, 11) is -3.53. The van der Waals surface area contributed by atoms with Crippen molar-refractivity contribution in [2.24, 2.45) is 11.8 Å². The van der Waals surface area contributed by atoms with E-state index in [-0.39, 0.29) is 41.1 Å². The van der Waals surface area contributed by atoms with Crippen molar-refractivity contribution in [1.29, 1.82) is 0 Å². The van der Waals surface area contributed by atoms with Gasteiger partial charge in [-0.15, -0.1) is 0 Å². The van der Waals surface area contributed by atoms with Gasteiger partial charge in [-0.25, -0.2) is 13.1 Å². The van der Waals surface area contributed by atoms with Crippen LogP contribution >= 0.6 is 0 Å². The maximum Gasteiger partial charge on any atom is 0.240 e. The van der Waals surface area contributed by atoms with E-state index < -0.39 is 10.0 Å². The predicted octanol–water partition coefficient (Wildman–Crippen LogP) is 3.07. The first-order valence-corrected chi connectivity index (χ1v) is 12.9. The summed E-state index contributed by atoms with van der Waals surface area (Å²) in [5.74, 6) is -0.284. The molecule has 0 aromatic heterocycles. The van der Waals surface area contributed by atoms with E-state index in [1.54, 1.807) is 24.3 Å². The van der Waals surface area contributed by atoms with Crippen LogP contribution < -0.4 is 15.4 Å². The van der Waals surface area contributed by atoms with Crippen molar-refractivity contribution < 1.29 is 18.0 Å². The van der Waals surface area contributed by atoms with Gasteiger partial charge < -0.3 is 10.6 Å². The molecule has 0 radical (unpaired) electrons. The Labute approximate surface area is 196 Å². The molecule has 2 amide bonds. The third-order valence-electron chi connectivity index (χ3n) is 6.21. The Morgan fingerprint density at radius 3 is 2.24 bits per heavy atom. The fourth-order valence-corrected chi connectivity index (χ4v) is 5.20. The highest BCUT2D eigenvalue weighted by atomic mass is 32.2. The molecule has 1 aliphatic rings. The summed E-state index contributed by atoms with van der Waals surface area (Å²) in [6, 6.07) is 16.3. The predicted molar refractivity (Wildman–Crippen MR) is 128 cm³/mol. The molecule has 0 spiro atoms. The van der Waals surface area contributed by atoms with E-state index >= 15 is 0 Å². The summed E-state index contributed by atoms with van der Waals surface area (Å²) in [4.78, 5) is 24.9. The molecule has 7 nitrogen and oxygen atoms in total. The molecule has 8 heteroatoms. The lowest BCUT2D eigenvalue weighted by molar-refractivity contribution is -0.129. The van der Waals surface area contributed by atoms with Crippen LogP contribution in [0.3, 0.4) is 0 Å². The molecule has 1 saturated carbocycles. The monoisotopic (exact) mass is 471 g/mol. The molecule has 0 bridgehead atoms. The van der Waals surface area contributed by atoms with Crippen LogP contribution in [-0.2, 0) is 19.6 Å². The van der Waals surface area contributed by atoms with Gasteiger partial charge in [-0.05, 0) is 63.1 Å². The number of sulfonamides is 1. The minimum absolute atomic E-state index is 0.0493. The van der Waals surface area contributed by atoms with Crippen LogP contribution in [0.1, 0.15) is 49.8 Å². The van der Waals surface area contributed by atoms with Crippen LogP contribution in [0.2, 0.25) is 0 Å². The average molecular weight is 472 g/mol. The van der Waals surface area contributed by atoms with Gasteiger partial charge in [0.1, 0.15) is 0 Å². The smallest absolute Gasteiger partial charge is 0.240 e. The van der Waals surface area contributed by atoms with Gasteiger partial charge in [0.2, 0.25) is 21.8 Å². The zero-order valence-corrected chi connectivity index (χ0v) is 20.0. The number of nitrogens with one attached hydrogen (secondary N) is 3. The lowest BCUT2D eigenvalue weighted by atomic mass is 9.81. The molecule has 1 fully saturated rings. The second-order valence-corrected chi connectivity index (χ2v) is 10.6. The number of aryl methyl sites for hydroxylation is 1. The summed E-state index contributed by atoms with van der Waals surface area (Å²) >= 11 is 0. The summed E-state index contributed by atoms with van der Waals surface area (Å²) in [6.07, 6.45) is 2.91. The van der Waals surface area contributed by atoms with E-state index in [4.69, 9.17) is 0 Å². The standard InChI is InChI=1S/C25H33N3O4S/c1-18-8-14-23(15-9-18)33(31,32)27-16-20-10-12-22(13-11-20)25(30)26-17-24(29)28-19(2)21-6-4-3-5-7-21/h3-9,14-15,19-20,22,27H,10-13,16-17H2,1-2H3,(H,26,30)(H,28,29)/t19-,20?,22?/m0/s1. The largest absolute Gasteiger partial charge is 0.348 e.